The van der Waals surface area contributed by atoms with Crippen LogP contribution in [0.25, 0.3) is 0 Å². The minimum absolute atomic E-state index is 0.500. The SMILES string of the molecule is CCCCCCCCc1ccccc1OC=O. The van der Waals surface area contributed by atoms with E-state index in [1.54, 1.807) is 0 Å². The number of carbonyl (C=O) groups is 1. The molecule has 94 valence electrons. The minimum Gasteiger partial charge on any atom is -0.428 e. The Balaban J connectivity index is 2.28. The van der Waals surface area contributed by atoms with E-state index in [-0.39, 0.29) is 0 Å². The lowest BCUT2D eigenvalue weighted by atomic mass is 10.0. The van der Waals surface area contributed by atoms with E-state index >= 15 is 0 Å². The van der Waals surface area contributed by atoms with Crippen LogP contribution in [0.5, 0.6) is 5.75 Å². The summed E-state index contributed by atoms with van der Waals surface area (Å²) >= 11 is 0. The number of carbonyl (C=O) groups excluding carboxylic acids is 1. The number of ether oxygens (including phenoxy) is 1. The van der Waals surface area contributed by atoms with Crippen molar-refractivity contribution in [3.05, 3.63) is 29.8 Å². The van der Waals surface area contributed by atoms with Crippen LogP contribution in [0.2, 0.25) is 0 Å². The molecule has 0 aliphatic carbocycles. The molecule has 0 radical (unpaired) electrons. The molecule has 0 unspecified atom stereocenters. The molecule has 0 saturated carbocycles. The lowest BCUT2D eigenvalue weighted by Crippen LogP contribution is -1.95. The average molecular weight is 234 g/mol. The Morgan fingerprint density at radius 2 is 1.76 bits per heavy atom. The highest BCUT2D eigenvalue weighted by atomic mass is 16.5. The molecular formula is C15H22O2. The second-order valence-corrected chi connectivity index (χ2v) is 4.34. The Labute approximate surface area is 104 Å². The van der Waals surface area contributed by atoms with Gasteiger partial charge in [-0.1, -0.05) is 57.2 Å². The van der Waals surface area contributed by atoms with E-state index in [2.05, 4.69) is 6.92 Å². The fraction of sp³-hybridized carbons (Fsp3) is 0.533. The van der Waals surface area contributed by atoms with Crippen molar-refractivity contribution >= 4 is 6.47 Å². The van der Waals surface area contributed by atoms with Gasteiger partial charge in [-0.05, 0) is 24.5 Å². The number of aryl methyl sites for hydroxylation is 1. The van der Waals surface area contributed by atoms with Crippen molar-refractivity contribution in [2.24, 2.45) is 0 Å². The van der Waals surface area contributed by atoms with E-state index in [0.717, 1.165) is 12.0 Å². The molecule has 0 atom stereocenters. The molecule has 0 aliphatic heterocycles. The summed E-state index contributed by atoms with van der Waals surface area (Å²) in [5.41, 5.74) is 1.13. The summed E-state index contributed by atoms with van der Waals surface area (Å²) in [6.07, 6.45) is 8.70. The molecule has 0 saturated heterocycles. The van der Waals surface area contributed by atoms with Gasteiger partial charge in [0.25, 0.3) is 6.47 Å². The first-order chi connectivity index (χ1) is 8.38. The monoisotopic (exact) mass is 234 g/mol. The number of hydrogen-bond donors (Lipinski definition) is 0. The lowest BCUT2D eigenvalue weighted by Gasteiger charge is -2.06. The topological polar surface area (TPSA) is 26.3 Å². The lowest BCUT2D eigenvalue weighted by molar-refractivity contribution is -0.120. The fourth-order valence-corrected chi connectivity index (χ4v) is 1.97. The van der Waals surface area contributed by atoms with Crippen molar-refractivity contribution in [2.45, 2.75) is 51.9 Å². The third-order valence-corrected chi connectivity index (χ3v) is 2.95. The Morgan fingerprint density at radius 3 is 2.53 bits per heavy atom. The second-order valence-electron chi connectivity index (χ2n) is 4.34. The van der Waals surface area contributed by atoms with Gasteiger partial charge in [0.15, 0.2) is 0 Å². The van der Waals surface area contributed by atoms with Crippen molar-refractivity contribution in [1.29, 1.82) is 0 Å². The van der Waals surface area contributed by atoms with Crippen molar-refractivity contribution in [3.8, 4) is 5.75 Å². The van der Waals surface area contributed by atoms with Crippen molar-refractivity contribution in [3.63, 3.8) is 0 Å². The number of para-hydroxylation sites is 1. The average Bonchev–Trinajstić information content (AvgIpc) is 2.36. The van der Waals surface area contributed by atoms with Crippen LogP contribution >= 0.6 is 0 Å². The highest BCUT2D eigenvalue weighted by molar-refractivity contribution is 5.47. The van der Waals surface area contributed by atoms with Gasteiger partial charge in [0.05, 0.1) is 0 Å². The van der Waals surface area contributed by atoms with Crippen molar-refractivity contribution < 1.29 is 9.53 Å². The van der Waals surface area contributed by atoms with Gasteiger partial charge in [-0.2, -0.15) is 0 Å². The van der Waals surface area contributed by atoms with Gasteiger partial charge >= 0.3 is 0 Å². The molecule has 0 N–H and O–H groups in total. The minimum atomic E-state index is 0.500. The zero-order chi connectivity index (χ0) is 12.3. The molecule has 2 nitrogen and oxygen atoms in total. The summed E-state index contributed by atoms with van der Waals surface area (Å²) in [5.74, 6) is 0.705. The molecular weight excluding hydrogens is 212 g/mol. The van der Waals surface area contributed by atoms with E-state index in [4.69, 9.17) is 4.74 Å². The van der Waals surface area contributed by atoms with E-state index in [1.165, 1.54) is 38.5 Å². The highest BCUT2D eigenvalue weighted by Crippen LogP contribution is 2.20. The van der Waals surface area contributed by atoms with Gasteiger partial charge in [0.1, 0.15) is 5.75 Å². The van der Waals surface area contributed by atoms with Crippen LogP contribution in [-0.4, -0.2) is 6.47 Å². The second kappa shape index (κ2) is 8.80. The van der Waals surface area contributed by atoms with E-state index in [0.29, 0.717) is 12.2 Å². The number of hydrogen-bond acceptors (Lipinski definition) is 2. The first-order valence-corrected chi connectivity index (χ1v) is 6.56. The number of rotatable bonds is 9. The van der Waals surface area contributed by atoms with Crippen LogP contribution in [0.15, 0.2) is 24.3 Å². The zero-order valence-electron chi connectivity index (χ0n) is 10.7. The van der Waals surface area contributed by atoms with Crippen LogP contribution in [0.4, 0.5) is 0 Å². The summed E-state index contributed by atoms with van der Waals surface area (Å²) in [6.45, 7) is 2.73. The Morgan fingerprint density at radius 1 is 1.06 bits per heavy atom. The molecule has 0 bridgehead atoms. The normalized spacial score (nSPS) is 10.2. The Hall–Kier alpha value is -1.31. The smallest absolute Gasteiger partial charge is 0.298 e. The van der Waals surface area contributed by atoms with Gasteiger partial charge in [-0.25, -0.2) is 0 Å². The van der Waals surface area contributed by atoms with Gasteiger partial charge in [0.2, 0.25) is 0 Å². The highest BCUT2D eigenvalue weighted by Gasteiger charge is 2.02. The molecule has 1 aromatic carbocycles. The van der Waals surface area contributed by atoms with E-state index < -0.39 is 0 Å². The molecule has 1 aromatic rings. The van der Waals surface area contributed by atoms with Gasteiger partial charge < -0.3 is 4.74 Å². The van der Waals surface area contributed by atoms with Crippen LogP contribution in [0.3, 0.4) is 0 Å². The van der Waals surface area contributed by atoms with Crippen LogP contribution in [0.1, 0.15) is 51.0 Å². The summed E-state index contributed by atoms with van der Waals surface area (Å²) in [6, 6.07) is 7.76. The molecule has 0 aromatic heterocycles. The Kier molecular flexibility index (Phi) is 7.12. The molecule has 1 rings (SSSR count). The zero-order valence-corrected chi connectivity index (χ0v) is 10.7. The summed E-state index contributed by atoms with van der Waals surface area (Å²) in [4.78, 5) is 10.4. The molecule has 0 fully saturated rings. The van der Waals surface area contributed by atoms with Gasteiger partial charge in [-0.3, -0.25) is 4.79 Å². The van der Waals surface area contributed by atoms with Crippen molar-refractivity contribution in [2.75, 3.05) is 0 Å². The maximum atomic E-state index is 10.4. The summed E-state index contributed by atoms with van der Waals surface area (Å²) in [5, 5.41) is 0. The van der Waals surface area contributed by atoms with Crippen molar-refractivity contribution in [1.82, 2.24) is 0 Å². The summed E-state index contributed by atoms with van der Waals surface area (Å²) in [7, 11) is 0. The number of benzene rings is 1. The molecule has 2 heteroatoms. The Bertz CT molecular complexity index is 320. The predicted molar refractivity (Wildman–Crippen MR) is 70.2 cm³/mol. The molecule has 17 heavy (non-hydrogen) atoms. The maximum Gasteiger partial charge on any atom is 0.298 e. The van der Waals surface area contributed by atoms with Gasteiger partial charge in [0, 0.05) is 0 Å². The predicted octanol–water partition coefficient (Wildman–Crippen LogP) is 4.12. The largest absolute Gasteiger partial charge is 0.428 e. The quantitative estimate of drug-likeness (QED) is 0.474. The first-order valence-electron chi connectivity index (χ1n) is 6.56. The third-order valence-electron chi connectivity index (χ3n) is 2.95. The van der Waals surface area contributed by atoms with E-state index in [9.17, 15) is 4.79 Å². The molecule has 0 aliphatic rings. The van der Waals surface area contributed by atoms with Crippen LogP contribution in [0, 0.1) is 0 Å². The fourth-order valence-electron chi connectivity index (χ4n) is 1.97. The molecule has 0 spiro atoms. The standard InChI is InChI=1S/C15H22O2/c1-2-3-4-5-6-7-10-14-11-8-9-12-15(14)17-13-16/h8-9,11-13H,2-7,10H2,1H3. The molecule has 0 heterocycles. The van der Waals surface area contributed by atoms with Crippen LogP contribution < -0.4 is 4.74 Å². The third kappa shape index (κ3) is 5.53. The summed E-state index contributed by atoms with van der Waals surface area (Å²) < 4.78 is 4.95. The van der Waals surface area contributed by atoms with Crippen LogP contribution in [-0.2, 0) is 11.2 Å². The van der Waals surface area contributed by atoms with Gasteiger partial charge in [-0.15, -0.1) is 0 Å². The van der Waals surface area contributed by atoms with E-state index in [1.807, 2.05) is 24.3 Å². The maximum absolute atomic E-state index is 10.4. The first kappa shape index (κ1) is 13.8. The molecule has 0 amide bonds. The number of unbranched alkanes of at least 4 members (excludes halogenated alkanes) is 5.